The molecule has 1 amide bonds. The van der Waals surface area contributed by atoms with E-state index in [9.17, 15) is 13.6 Å². The summed E-state index contributed by atoms with van der Waals surface area (Å²) in [6.07, 6.45) is 10.8. The fraction of sp³-hybridized carbons (Fsp3) is 0.667. The monoisotopic (exact) mass is 622 g/mol. The van der Waals surface area contributed by atoms with E-state index < -0.39 is 5.92 Å². The van der Waals surface area contributed by atoms with E-state index in [1.165, 1.54) is 30.5 Å². The zero-order valence-electron chi connectivity index (χ0n) is 26.7. The zero-order valence-corrected chi connectivity index (χ0v) is 26.7. The molecule has 2 bridgehead atoms. The lowest BCUT2D eigenvalue weighted by Crippen LogP contribution is -2.61. The molecule has 7 nitrogen and oxygen atoms in total. The van der Waals surface area contributed by atoms with Gasteiger partial charge in [-0.05, 0) is 94.5 Å². The number of fused-ring (bicyclic) bond motifs is 3. The number of nitrogens with zero attached hydrogens (tertiary/aromatic N) is 3. The van der Waals surface area contributed by atoms with Crippen molar-refractivity contribution in [3.63, 3.8) is 0 Å². The van der Waals surface area contributed by atoms with Gasteiger partial charge in [0.25, 0.3) is 0 Å². The van der Waals surface area contributed by atoms with Crippen LogP contribution in [0.2, 0.25) is 0 Å². The van der Waals surface area contributed by atoms with Crippen LogP contribution in [0.25, 0.3) is 0 Å². The van der Waals surface area contributed by atoms with Gasteiger partial charge in [-0.15, -0.1) is 0 Å². The molecule has 3 fully saturated rings. The van der Waals surface area contributed by atoms with Gasteiger partial charge >= 0.3 is 0 Å². The lowest BCUT2D eigenvalue weighted by molar-refractivity contribution is -0.130. The van der Waals surface area contributed by atoms with Gasteiger partial charge in [-0.25, -0.2) is 8.78 Å². The molecule has 1 saturated carbocycles. The summed E-state index contributed by atoms with van der Waals surface area (Å²) in [5.41, 5.74) is 9.64. The van der Waals surface area contributed by atoms with Crippen molar-refractivity contribution >= 4 is 5.91 Å². The Morgan fingerprint density at radius 2 is 1.91 bits per heavy atom. The lowest BCUT2D eigenvalue weighted by Gasteiger charge is -2.45. The van der Waals surface area contributed by atoms with E-state index in [-0.39, 0.29) is 43.6 Å². The number of piperazine rings is 1. The van der Waals surface area contributed by atoms with E-state index in [4.69, 9.17) is 10.7 Å². The average molecular weight is 623 g/mol. The molecule has 4 N–H and O–H groups in total. The predicted molar refractivity (Wildman–Crippen MR) is 174 cm³/mol. The van der Waals surface area contributed by atoms with Gasteiger partial charge in [0.2, 0.25) is 11.8 Å². The second-order valence-corrected chi connectivity index (χ2v) is 13.9. The summed E-state index contributed by atoms with van der Waals surface area (Å²) in [6, 6.07) is 16.0. The number of amides is 1. The van der Waals surface area contributed by atoms with Crippen LogP contribution < -0.4 is 16.4 Å². The number of nitrogens with two attached hydrogens (primary N) is 1. The predicted octanol–water partition coefficient (Wildman–Crippen LogP) is 5.38. The van der Waals surface area contributed by atoms with Crippen molar-refractivity contribution in [3.8, 4) is 0 Å². The largest absolute Gasteiger partial charge is 0.349 e. The number of carbonyl (C=O) groups is 1. The number of carbonyl (C=O) groups excluding carboxylic acids is 1. The van der Waals surface area contributed by atoms with Gasteiger partial charge < -0.3 is 16.4 Å². The molecule has 1 aromatic carbocycles. The summed E-state index contributed by atoms with van der Waals surface area (Å²) in [5, 5.41) is 7.23. The zero-order chi connectivity index (χ0) is 31.2. The maximum atomic E-state index is 13.8. The Labute approximate surface area is 267 Å². The van der Waals surface area contributed by atoms with Crippen LogP contribution in [-0.4, -0.2) is 77.5 Å². The first-order valence-corrected chi connectivity index (χ1v) is 17.5. The number of hydrogen-bond donors (Lipinski definition) is 3. The molecule has 3 heterocycles. The van der Waals surface area contributed by atoms with Crippen LogP contribution in [-0.2, 0) is 11.2 Å². The summed E-state index contributed by atoms with van der Waals surface area (Å²) in [4.78, 5) is 23.6. The standard InChI is InChI=1S/C36H52F2N6O/c37-36(38)18-15-28(16-19-36)35(45)42-30(26-8-2-1-3-9-26)17-23-44-29-13-14-32(44)31(41-24-29)25-43(22-5-4-20-39)33-12-6-10-27-11-7-21-40-34(27)33/h1-3,7-9,11,21,28-33,41H,4-6,10,12-20,22-25,39H2,(H,42,45)/t29-,30+,31-,32+,33?/m0/s1. The number of nitrogens with one attached hydrogen (secondary N) is 2. The molecule has 2 aliphatic heterocycles. The quantitative estimate of drug-likeness (QED) is 0.260. The summed E-state index contributed by atoms with van der Waals surface area (Å²) in [6.45, 7) is 4.62. The van der Waals surface area contributed by atoms with Gasteiger partial charge in [0.15, 0.2) is 0 Å². The number of benzene rings is 1. The van der Waals surface area contributed by atoms with E-state index in [1.54, 1.807) is 0 Å². The second kappa shape index (κ2) is 15.0. The molecule has 2 saturated heterocycles. The Balaban J connectivity index is 1.13. The highest BCUT2D eigenvalue weighted by Gasteiger charge is 2.44. The minimum Gasteiger partial charge on any atom is -0.349 e. The number of aryl methyl sites for hydroxylation is 1. The second-order valence-electron chi connectivity index (χ2n) is 13.9. The summed E-state index contributed by atoms with van der Waals surface area (Å²) in [7, 11) is 0. The highest BCUT2D eigenvalue weighted by molar-refractivity contribution is 5.79. The minimum atomic E-state index is -2.63. The van der Waals surface area contributed by atoms with Crippen LogP contribution in [0.5, 0.6) is 0 Å². The third kappa shape index (κ3) is 7.92. The van der Waals surface area contributed by atoms with Crippen molar-refractivity contribution in [3.05, 3.63) is 65.5 Å². The van der Waals surface area contributed by atoms with Crippen molar-refractivity contribution in [1.29, 1.82) is 0 Å². The molecule has 6 rings (SSSR count). The first-order valence-electron chi connectivity index (χ1n) is 17.5. The third-order valence-electron chi connectivity index (χ3n) is 11.0. The van der Waals surface area contributed by atoms with Gasteiger partial charge in [-0.1, -0.05) is 36.4 Å². The van der Waals surface area contributed by atoms with Crippen LogP contribution in [0.15, 0.2) is 48.7 Å². The molecular weight excluding hydrogens is 570 g/mol. The number of rotatable bonds is 13. The first kappa shape index (κ1) is 32.5. The van der Waals surface area contributed by atoms with Crippen molar-refractivity contribution < 1.29 is 13.6 Å². The SMILES string of the molecule is NCCCCN(C[C@@H]1NC[C@@H]2CC[C@H]1N2CC[C@@H](NC(=O)C1CCC(F)(F)CC1)c1ccccc1)C1CCCc2cccnc21. The van der Waals surface area contributed by atoms with Gasteiger partial charge in [-0.3, -0.25) is 19.6 Å². The molecular formula is C36H52F2N6O. The molecule has 1 aromatic heterocycles. The third-order valence-corrected chi connectivity index (χ3v) is 11.0. The van der Waals surface area contributed by atoms with E-state index in [1.807, 2.05) is 24.4 Å². The summed E-state index contributed by atoms with van der Waals surface area (Å²) in [5.74, 6) is -3.04. The number of hydrogen-bond acceptors (Lipinski definition) is 6. The molecule has 246 valence electrons. The van der Waals surface area contributed by atoms with Gasteiger partial charge in [0.05, 0.1) is 17.8 Å². The molecule has 45 heavy (non-hydrogen) atoms. The van der Waals surface area contributed by atoms with E-state index in [0.29, 0.717) is 24.2 Å². The van der Waals surface area contributed by atoms with Gasteiger partial charge in [0, 0.05) is 62.7 Å². The normalized spacial score (nSPS) is 27.3. The molecule has 2 aliphatic carbocycles. The van der Waals surface area contributed by atoms with Crippen molar-refractivity contribution in [1.82, 2.24) is 25.4 Å². The highest BCUT2D eigenvalue weighted by Crippen LogP contribution is 2.38. The Kier molecular flexibility index (Phi) is 10.8. The Morgan fingerprint density at radius 1 is 1.09 bits per heavy atom. The number of pyridine rings is 1. The fourth-order valence-electron chi connectivity index (χ4n) is 8.48. The van der Waals surface area contributed by atoms with Crippen LogP contribution in [0.4, 0.5) is 8.78 Å². The molecule has 0 spiro atoms. The molecule has 2 aromatic rings. The number of unbranched alkanes of at least 4 members (excludes halogenated alkanes) is 1. The fourth-order valence-corrected chi connectivity index (χ4v) is 8.48. The highest BCUT2D eigenvalue weighted by atomic mass is 19.3. The van der Waals surface area contributed by atoms with Crippen molar-refractivity contribution in [2.75, 3.05) is 32.7 Å². The minimum absolute atomic E-state index is 0.0741. The topological polar surface area (TPSA) is 86.5 Å². The molecule has 5 atom stereocenters. The molecule has 4 aliphatic rings. The smallest absolute Gasteiger partial charge is 0.248 e. The van der Waals surface area contributed by atoms with Crippen LogP contribution in [0.3, 0.4) is 0 Å². The number of halogens is 2. The Bertz CT molecular complexity index is 1240. The molecule has 0 radical (unpaired) electrons. The summed E-state index contributed by atoms with van der Waals surface area (Å²) >= 11 is 0. The summed E-state index contributed by atoms with van der Waals surface area (Å²) < 4.78 is 27.6. The van der Waals surface area contributed by atoms with Gasteiger partial charge in [0.1, 0.15) is 0 Å². The van der Waals surface area contributed by atoms with Crippen LogP contribution in [0.1, 0.15) is 99.5 Å². The van der Waals surface area contributed by atoms with Crippen molar-refractivity contribution in [2.24, 2.45) is 11.7 Å². The lowest BCUT2D eigenvalue weighted by atomic mass is 9.86. The van der Waals surface area contributed by atoms with E-state index in [2.05, 4.69) is 44.7 Å². The maximum absolute atomic E-state index is 13.8. The average Bonchev–Trinajstić information content (AvgIpc) is 3.35. The van der Waals surface area contributed by atoms with Crippen LogP contribution >= 0.6 is 0 Å². The van der Waals surface area contributed by atoms with E-state index >= 15 is 0 Å². The molecule has 1 unspecified atom stereocenters. The van der Waals surface area contributed by atoms with E-state index in [0.717, 1.165) is 70.4 Å². The van der Waals surface area contributed by atoms with Crippen LogP contribution in [0, 0.1) is 5.92 Å². The maximum Gasteiger partial charge on any atom is 0.248 e. The number of alkyl halides is 2. The van der Waals surface area contributed by atoms with Gasteiger partial charge in [-0.2, -0.15) is 0 Å². The van der Waals surface area contributed by atoms with Crippen molar-refractivity contribution in [2.45, 2.75) is 113 Å². The Morgan fingerprint density at radius 3 is 2.71 bits per heavy atom. The number of aromatic nitrogens is 1. The first-order chi connectivity index (χ1) is 21.9. The molecule has 9 heteroatoms. The Hall–Kier alpha value is -2.46.